The van der Waals surface area contributed by atoms with E-state index in [1.54, 1.807) is 13.1 Å². The number of carboxylic acid groups (broad SMARTS) is 1. The third-order valence-electron chi connectivity index (χ3n) is 4.21. The minimum atomic E-state index is -0.937. The molecule has 0 spiro atoms. The number of hydrogen-bond acceptors (Lipinski definition) is 4. The number of rotatable bonds is 5. The molecule has 0 bridgehead atoms. The van der Waals surface area contributed by atoms with E-state index < -0.39 is 11.4 Å². The molecule has 1 aliphatic rings. The van der Waals surface area contributed by atoms with Crippen molar-refractivity contribution in [2.45, 2.75) is 32.6 Å². The fourth-order valence-corrected chi connectivity index (χ4v) is 2.55. The van der Waals surface area contributed by atoms with E-state index in [9.17, 15) is 14.7 Å². The molecule has 0 aromatic carbocycles. The number of ether oxygens (including phenoxy) is 1. The van der Waals surface area contributed by atoms with Gasteiger partial charge >= 0.3 is 5.97 Å². The summed E-state index contributed by atoms with van der Waals surface area (Å²) in [6.45, 7) is 4.93. The molecule has 0 radical (unpaired) electrons. The third kappa shape index (κ3) is 3.30. The molecular weight excluding hydrogens is 286 g/mol. The Morgan fingerprint density at radius 3 is 2.59 bits per heavy atom. The lowest BCUT2D eigenvalue weighted by Crippen LogP contribution is -2.46. The van der Waals surface area contributed by atoms with E-state index in [4.69, 9.17) is 4.74 Å². The van der Waals surface area contributed by atoms with Gasteiger partial charge in [0, 0.05) is 26.8 Å². The van der Waals surface area contributed by atoms with Gasteiger partial charge in [0.1, 0.15) is 5.69 Å². The van der Waals surface area contributed by atoms with Crippen molar-refractivity contribution < 1.29 is 19.4 Å². The van der Waals surface area contributed by atoms with Gasteiger partial charge in [-0.3, -0.25) is 14.3 Å². The topological polar surface area (TPSA) is 93.5 Å². The van der Waals surface area contributed by atoms with Gasteiger partial charge in [-0.2, -0.15) is 5.10 Å². The summed E-state index contributed by atoms with van der Waals surface area (Å²) in [5.74, 6) is -0.952. The van der Waals surface area contributed by atoms with Crippen LogP contribution in [0.5, 0.6) is 0 Å². The number of amides is 1. The number of aliphatic carboxylic acids is 1. The van der Waals surface area contributed by atoms with Gasteiger partial charge in [-0.25, -0.2) is 0 Å². The average Bonchev–Trinajstić information content (AvgIpc) is 2.88. The maximum absolute atomic E-state index is 12.3. The van der Waals surface area contributed by atoms with Gasteiger partial charge in [0.25, 0.3) is 5.91 Å². The van der Waals surface area contributed by atoms with E-state index in [0.29, 0.717) is 31.7 Å². The highest BCUT2D eigenvalue weighted by Crippen LogP contribution is 2.30. The van der Waals surface area contributed by atoms with Gasteiger partial charge in [0.05, 0.1) is 11.1 Å². The molecule has 122 valence electrons. The zero-order chi connectivity index (χ0) is 16.3. The van der Waals surface area contributed by atoms with Gasteiger partial charge in [0.15, 0.2) is 0 Å². The zero-order valence-corrected chi connectivity index (χ0v) is 13.3. The van der Waals surface area contributed by atoms with Crippen molar-refractivity contribution in [2.24, 2.45) is 12.5 Å². The number of carbonyl (C=O) groups is 2. The molecule has 0 aliphatic carbocycles. The fraction of sp³-hybridized carbons (Fsp3) is 0.667. The van der Waals surface area contributed by atoms with Crippen molar-refractivity contribution >= 4 is 11.9 Å². The molecule has 7 heteroatoms. The summed E-state index contributed by atoms with van der Waals surface area (Å²) in [4.78, 5) is 23.9. The number of nitrogens with one attached hydrogen (secondary N) is 1. The number of aryl methyl sites for hydroxylation is 1. The second kappa shape index (κ2) is 6.48. The van der Waals surface area contributed by atoms with Crippen LogP contribution in [0.3, 0.4) is 0 Å². The van der Waals surface area contributed by atoms with Crippen LogP contribution in [-0.4, -0.2) is 46.5 Å². The first-order valence-corrected chi connectivity index (χ1v) is 7.49. The molecule has 0 unspecified atom stereocenters. The summed E-state index contributed by atoms with van der Waals surface area (Å²) < 4.78 is 6.75. The standard InChI is InChI=1S/C15H23N3O4/c1-10(2)11-8-12(18(3)17-11)13(19)16-9-15(14(20)21)4-6-22-7-5-15/h8,10H,4-7,9H2,1-3H3,(H,16,19)(H,20,21). The Kier molecular flexibility index (Phi) is 4.85. The van der Waals surface area contributed by atoms with Crippen LogP contribution < -0.4 is 5.32 Å². The molecule has 22 heavy (non-hydrogen) atoms. The van der Waals surface area contributed by atoms with E-state index in [-0.39, 0.29) is 18.4 Å². The largest absolute Gasteiger partial charge is 0.481 e. The van der Waals surface area contributed by atoms with Gasteiger partial charge in [-0.1, -0.05) is 13.8 Å². The second-order valence-electron chi connectivity index (χ2n) is 6.11. The molecule has 1 saturated heterocycles. The minimum absolute atomic E-state index is 0.104. The molecule has 0 atom stereocenters. The molecular formula is C15H23N3O4. The van der Waals surface area contributed by atoms with Crippen molar-refractivity contribution in [2.75, 3.05) is 19.8 Å². The number of hydrogen-bond donors (Lipinski definition) is 2. The molecule has 1 fully saturated rings. The summed E-state index contributed by atoms with van der Waals surface area (Å²) in [6, 6.07) is 1.75. The molecule has 2 rings (SSSR count). The van der Waals surface area contributed by atoms with Crippen molar-refractivity contribution in [3.63, 3.8) is 0 Å². The number of carbonyl (C=O) groups excluding carboxylic acids is 1. The van der Waals surface area contributed by atoms with Gasteiger partial charge in [-0.15, -0.1) is 0 Å². The molecule has 1 aromatic heterocycles. The lowest BCUT2D eigenvalue weighted by Gasteiger charge is -2.33. The predicted molar refractivity (Wildman–Crippen MR) is 79.8 cm³/mol. The quantitative estimate of drug-likeness (QED) is 0.851. The number of carboxylic acids is 1. The molecule has 0 saturated carbocycles. The van der Waals surface area contributed by atoms with Crippen LogP contribution in [0.2, 0.25) is 0 Å². The van der Waals surface area contributed by atoms with Gasteiger partial charge in [0.2, 0.25) is 0 Å². The van der Waals surface area contributed by atoms with E-state index in [2.05, 4.69) is 10.4 Å². The summed E-state index contributed by atoms with van der Waals surface area (Å²) in [7, 11) is 1.71. The molecule has 7 nitrogen and oxygen atoms in total. The Balaban J connectivity index is 2.07. The normalized spacial score (nSPS) is 17.5. The van der Waals surface area contributed by atoms with Crippen LogP contribution in [-0.2, 0) is 16.6 Å². The van der Waals surface area contributed by atoms with Crippen molar-refractivity contribution in [3.05, 3.63) is 17.5 Å². The summed E-state index contributed by atoms with van der Waals surface area (Å²) in [5.41, 5.74) is 0.343. The van der Waals surface area contributed by atoms with Crippen LogP contribution in [0, 0.1) is 5.41 Å². The second-order valence-corrected chi connectivity index (χ2v) is 6.11. The summed E-state index contributed by atoms with van der Waals surface area (Å²) in [5, 5.41) is 16.5. The predicted octanol–water partition coefficient (Wildman–Crippen LogP) is 1.15. The van der Waals surface area contributed by atoms with Crippen LogP contribution >= 0.6 is 0 Å². The Labute approximate surface area is 129 Å². The Hall–Kier alpha value is -1.89. The van der Waals surface area contributed by atoms with Crippen LogP contribution in [0.15, 0.2) is 6.07 Å². The van der Waals surface area contributed by atoms with E-state index in [0.717, 1.165) is 5.69 Å². The summed E-state index contributed by atoms with van der Waals surface area (Å²) in [6.07, 6.45) is 0.816. The van der Waals surface area contributed by atoms with Crippen LogP contribution in [0.1, 0.15) is 48.8 Å². The summed E-state index contributed by atoms with van der Waals surface area (Å²) >= 11 is 0. The van der Waals surface area contributed by atoms with Crippen molar-refractivity contribution in [3.8, 4) is 0 Å². The molecule has 2 N–H and O–H groups in total. The highest BCUT2D eigenvalue weighted by Gasteiger charge is 2.40. The number of aromatic nitrogens is 2. The third-order valence-corrected chi connectivity index (χ3v) is 4.21. The van der Waals surface area contributed by atoms with Crippen molar-refractivity contribution in [1.29, 1.82) is 0 Å². The maximum atomic E-state index is 12.3. The van der Waals surface area contributed by atoms with E-state index in [1.807, 2.05) is 13.8 Å². The van der Waals surface area contributed by atoms with Crippen molar-refractivity contribution in [1.82, 2.24) is 15.1 Å². The first-order valence-electron chi connectivity index (χ1n) is 7.49. The first-order chi connectivity index (χ1) is 10.4. The Bertz CT molecular complexity index is 559. The monoisotopic (exact) mass is 309 g/mol. The lowest BCUT2D eigenvalue weighted by molar-refractivity contribution is -0.154. The number of nitrogens with zero attached hydrogens (tertiary/aromatic N) is 2. The molecule has 1 aromatic rings. The smallest absolute Gasteiger partial charge is 0.311 e. The molecule has 2 heterocycles. The minimum Gasteiger partial charge on any atom is -0.481 e. The van der Waals surface area contributed by atoms with Gasteiger partial charge < -0.3 is 15.2 Å². The molecule has 1 aliphatic heterocycles. The maximum Gasteiger partial charge on any atom is 0.311 e. The van der Waals surface area contributed by atoms with Gasteiger partial charge in [-0.05, 0) is 24.8 Å². The highest BCUT2D eigenvalue weighted by molar-refractivity contribution is 5.93. The highest BCUT2D eigenvalue weighted by atomic mass is 16.5. The zero-order valence-electron chi connectivity index (χ0n) is 13.3. The Morgan fingerprint density at radius 1 is 1.45 bits per heavy atom. The van der Waals surface area contributed by atoms with Crippen LogP contribution in [0.25, 0.3) is 0 Å². The van der Waals surface area contributed by atoms with Crippen LogP contribution in [0.4, 0.5) is 0 Å². The Morgan fingerprint density at radius 2 is 2.09 bits per heavy atom. The van der Waals surface area contributed by atoms with E-state index in [1.165, 1.54) is 4.68 Å². The van der Waals surface area contributed by atoms with E-state index >= 15 is 0 Å². The fourth-order valence-electron chi connectivity index (χ4n) is 2.55. The lowest BCUT2D eigenvalue weighted by atomic mass is 9.80. The SMILES string of the molecule is CC(C)c1cc(C(=O)NCC2(C(=O)O)CCOCC2)n(C)n1. The average molecular weight is 309 g/mol. The molecule has 1 amide bonds. The first kappa shape index (κ1) is 16.5.